The molecule has 0 fully saturated rings. The monoisotopic (exact) mass is 316 g/mol. The van der Waals surface area contributed by atoms with Crippen LogP contribution in [0.5, 0.6) is 0 Å². The van der Waals surface area contributed by atoms with E-state index in [0.717, 1.165) is 10.8 Å². The van der Waals surface area contributed by atoms with Crippen LogP contribution in [0.4, 0.5) is 0 Å². The first-order valence-electron chi connectivity index (χ1n) is 4.47. The second-order valence-electron chi connectivity index (χ2n) is 3.51. The highest BCUT2D eigenvalue weighted by atomic mass is 35.7. The van der Waals surface area contributed by atoms with Crippen LogP contribution in [0.15, 0.2) is 20.7 Å². The Labute approximate surface area is 107 Å². The molecule has 0 aliphatic rings. The Hall–Kier alpha value is -1.13. The molecule has 0 radical (unpaired) electrons. The number of nitrogens with zero attached hydrogens (tertiary/aromatic N) is 1. The highest BCUT2D eigenvalue weighted by Gasteiger charge is 2.17. The van der Waals surface area contributed by atoms with Crippen LogP contribution in [0.1, 0.15) is 0 Å². The lowest BCUT2D eigenvalue weighted by Gasteiger charge is -2.04. The van der Waals surface area contributed by atoms with E-state index in [1.165, 1.54) is 0 Å². The van der Waals surface area contributed by atoms with Gasteiger partial charge in [0.1, 0.15) is 9.84 Å². The third-order valence-electron chi connectivity index (χ3n) is 1.94. The predicted molar refractivity (Wildman–Crippen MR) is 64.1 cm³/mol. The van der Waals surface area contributed by atoms with E-state index in [1.54, 1.807) is 4.98 Å². The molecule has 0 saturated carbocycles. The number of aromatic amines is 1. The van der Waals surface area contributed by atoms with Crippen molar-refractivity contribution in [1.29, 1.82) is 0 Å². The molecule has 0 saturated heterocycles. The fourth-order valence-corrected chi connectivity index (χ4v) is 2.48. The summed E-state index contributed by atoms with van der Waals surface area (Å²) in [4.78, 5) is 23.4. The van der Waals surface area contributed by atoms with Crippen LogP contribution in [-0.2, 0) is 25.4 Å². The molecule has 1 rings (SSSR count). The van der Waals surface area contributed by atoms with Gasteiger partial charge < -0.3 is 0 Å². The van der Waals surface area contributed by atoms with Crippen molar-refractivity contribution in [3.05, 3.63) is 27.0 Å². The lowest BCUT2D eigenvalue weighted by atomic mass is 10.6. The summed E-state index contributed by atoms with van der Waals surface area (Å²) in [5.41, 5.74) is -2.06. The van der Waals surface area contributed by atoms with Gasteiger partial charge in [-0.25, -0.2) is 21.6 Å². The van der Waals surface area contributed by atoms with E-state index >= 15 is 0 Å². The van der Waals surface area contributed by atoms with Gasteiger partial charge in [-0.05, 0) is 0 Å². The molecule has 1 heterocycles. The molecular formula is C7H9ClN2O6S2. The Kier molecular flexibility index (Phi) is 4.03. The molecule has 0 aliphatic heterocycles. The first-order chi connectivity index (χ1) is 8.00. The van der Waals surface area contributed by atoms with Gasteiger partial charge in [0.25, 0.3) is 14.6 Å². The van der Waals surface area contributed by atoms with E-state index in [4.69, 9.17) is 10.7 Å². The number of nitrogens with one attached hydrogen (secondary N) is 1. The summed E-state index contributed by atoms with van der Waals surface area (Å²) in [5.74, 6) is -0.374. The molecule has 0 aromatic carbocycles. The Morgan fingerprint density at radius 2 is 1.83 bits per heavy atom. The molecule has 102 valence electrons. The molecule has 0 unspecified atom stereocenters. The number of aryl methyl sites for hydroxylation is 1. The normalized spacial score (nSPS) is 12.6. The zero-order valence-electron chi connectivity index (χ0n) is 9.08. The molecule has 0 amide bonds. The van der Waals surface area contributed by atoms with Crippen molar-refractivity contribution in [3.8, 4) is 0 Å². The summed E-state index contributed by atoms with van der Waals surface area (Å²) in [6.45, 7) is -0.284. The number of hydrogen-bond acceptors (Lipinski definition) is 6. The SMILES string of the molecule is CS(=O)(=O)CCn1cc(S(=O)(=O)Cl)c(=O)[nH]c1=O. The summed E-state index contributed by atoms with van der Waals surface area (Å²) >= 11 is 0. The maximum atomic E-state index is 11.3. The molecule has 0 spiro atoms. The van der Waals surface area contributed by atoms with Crippen LogP contribution in [0.3, 0.4) is 0 Å². The predicted octanol–water partition coefficient (Wildman–Crippen LogP) is -1.49. The Bertz CT molecular complexity index is 773. The Balaban J connectivity index is 3.31. The van der Waals surface area contributed by atoms with Crippen LogP contribution < -0.4 is 11.2 Å². The lowest BCUT2D eigenvalue weighted by Crippen LogP contribution is -2.33. The van der Waals surface area contributed by atoms with Crippen molar-refractivity contribution in [3.63, 3.8) is 0 Å². The van der Waals surface area contributed by atoms with Gasteiger partial charge in [0.05, 0.1) is 5.75 Å². The molecule has 1 aromatic heterocycles. The topological polar surface area (TPSA) is 123 Å². The van der Waals surface area contributed by atoms with Crippen molar-refractivity contribution in [2.24, 2.45) is 0 Å². The number of H-pyrrole nitrogens is 1. The average molecular weight is 317 g/mol. The maximum absolute atomic E-state index is 11.3. The Morgan fingerprint density at radius 1 is 1.28 bits per heavy atom. The minimum absolute atomic E-state index is 0.284. The molecule has 8 nitrogen and oxygen atoms in total. The van der Waals surface area contributed by atoms with Gasteiger partial charge in [-0.2, -0.15) is 0 Å². The second kappa shape index (κ2) is 4.86. The molecule has 0 bridgehead atoms. The second-order valence-corrected chi connectivity index (χ2v) is 8.31. The van der Waals surface area contributed by atoms with Crippen LogP contribution >= 0.6 is 10.7 Å². The van der Waals surface area contributed by atoms with Crippen LogP contribution in [-0.4, -0.2) is 38.4 Å². The molecule has 0 aliphatic carbocycles. The zero-order chi connectivity index (χ0) is 14.1. The largest absolute Gasteiger partial charge is 0.328 e. The van der Waals surface area contributed by atoms with Gasteiger partial charge in [0, 0.05) is 29.7 Å². The van der Waals surface area contributed by atoms with Crippen LogP contribution in [0.2, 0.25) is 0 Å². The summed E-state index contributed by atoms with van der Waals surface area (Å²) in [6.07, 6.45) is 1.68. The van der Waals surface area contributed by atoms with Gasteiger partial charge in [-0.1, -0.05) is 0 Å². The van der Waals surface area contributed by atoms with Gasteiger partial charge in [-0.15, -0.1) is 0 Å². The lowest BCUT2D eigenvalue weighted by molar-refractivity contribution is 0.587. The summed E-state index contributed by atoms with van der Waals surface area (Å²) in [5, 5.41) is 0. The summed E-state index contributed by atoms with van der Waals surface area (Å²) in [7, 11) is -2.64. The van der Waals surface area contributed by atoms with Gasteiger partial charge in [-0.3, -0.25) is 14.3 Å². The van der Waals surface area contributed by atoms with Crippen molar-refractivity contribution in [1.82, 2.24) is 9.55 Å². The number of sulfone groups is 1. The number of hydrogen-bond donors (Lipinski definition) is 1. The fourth-order valence-electron chi connectivity index (χ4n) is 1.09. The molecular weight excluding hydrogens is 308 g/mol. The van der Waals surface area contributed by atoms with Gasteiger partial charge >= 0.3 is 5.69 Å². The van der Waals surface area contributed by atoms with Crippen LogP contribution in [0.25, 0.3) is 0 Å². The minimum atomic E-state index is -4.31. The van der Waals surface area contributed by atoms with Crippen molar-refractivity contribution in [2.45, 2.75) is 11.4 Å². The summed E-state index contributed by atoms with van der Waals surface area (Å²) in [6, 6.07) is 0. The van der Waals surface area contributed by atoms with E-state index in [1.807, 2.05) is 0 Å². The minimum Gasteiger partial charge on any atom is -0.298 e. The quantitative estimate of drug-likeness (QED) is 0.675. The van der Waals surface area contributed by atoms with E-state index in [0.29, 0.717) is 6.20 Å². The first kappa shape index (κ1) is 14.9. The highest BCUT2D eigenvalue weighted by molar-refractivity contribution is 8.13. The maximum Gasteiger partial charge on any atom is 0.328 e. The van der Waals surface area contributed by atoms with E-state index in [2.05, 4.69) is 0 Å². The van der Waals surface area contributed by atoms with Crippen molar-refractivity contribution in [2.75, 3.05) is 12.0 Å². The number of rotatable bonds is 4. The average Bonchev–Trinajstić information content (AvgIpc) is 2.12. The standard InChI is InChI=1S/C7H9ClN2O6S2/c1-17(13,14)3-2-10-4-5(18(8,15)16)6(11)9-7(10)12/h4H,2-3H2,1H3,(H,9,11,12). The van der Waals surface area contributed by atoms with E-state index in [-0.39, 0.29) is 12.3 Å². The van der Waals surface area contributed by atoms with Gasteiger partial charge in [0.2, 0.25) is 0 Å². The van der Waals surface area contributed by atoms with Crippen LogP contribution in [0, 0.1) is 0 Å². The molecule has 1 aromatic rings. The summed E-state index contributed by atoms with van der Waals surface area (Å²) < 4.78 is 44.7. The molecule has 11 heteroatoms. The fraction of sp³-hybridized carbons (Fsp3) is 0.429. The third kappa shape index (κ3) is 3.96. The zero-order valence-corrected chi connectivity index (χ0v) is 11.5. The number of aromatic nitrogens is 2. The molecule has 18 heavy (non-hydrogen) atoms. The van der Waals surface area contributed by atoms with Gasteiger partial charge in [0.15, 0.2) is 4.90 Å². The Morgan fingerprint density at radius 3 is 2.28 bits per heavy atom. The molecule has 0 atom stereocenters. The smallest absolute Gasteiger partial charge is 0.298 e. The van der Waals surface area contributed by atoms with Crippen molar-refractivity contribution < 1.29 is 16.8 Å². The third-order valence-corrected chi connectivity index (χ3v) is 4.18. The number of halogens is 1. The first-order valence-corrected chi connectivity index (χ1v) is 8.84. The highest BCUT2D eigenvalue weighted by Crippen LogP contribution is 2.07. The van der Waals surface area contributed by atoms with Crippen molar-refractivity contribution >= 4 is 29.6 Å². The molecule has 1 N–H and O–H groups in total. The van der Waals surface area contributed by atoms with E-state index < -0.39 is 35.0 Å². The van der Waals surface area contributed by atoms with E-state index in [9.17, 15) is 26.4 Å².